The van der Waals surface area contributed by atoms with E-state index in [1.54, 1.807) is 0 Å². The van der Waals surface area contributed by atoms with E-state index in [0.717, 1.165) is 5.56 Å². The lowest BCUT2D eigenvalue weighted by molar-refractivity contribution is -0.158. The van der Waals surface area contributed by atoms with E-state index in [-0.39, 0.29) is 18.2 Å². The number of ether oxygens (including phenoxy) is 2. The van der Waals surface area contributed by atoms with Crippen molar-refractivity contribution in [1.29, 1.82) is 0 Å². The SMILES string of the molecule is CC1(c2ccccc2)OCC(C2=CC(=O)C=CC2=O)O1. The van der Waals surface area contributed by atoms with Crippen molar-refractivity contribution in [2.45, 2.75) is 18.8 Å². The number of allylic oxidation sites excluding steroid dienone is 3. The third-order valence-corrected chi connectivity index (χ3v) is 3.50. The zero-order valence-corrected chi connectivity index (χ0v) is 11.0. The second-order valence-electron chi connectivity index (χ2n) is 4.93. The average molecular weight is 270 g/mol. The third kappa shape index (κ3) is 2.24. The van der Waals surface area contributed by atoms with Gasteiger partial charge in [0.05, 0.1) is 6.61 Å². The van der Waals surface area contributed by atoms with E-state index < -0.39 is 11.9 Å². The molecule has 20 heavy (non-hydrogen) atoms. The minimum absolute atomic E-state index is 0.198. The van der Waals surface area contributed by atoms with Gasteiger partial charge >= 0.3 is 0 Å². The summed E-state index contributed by atoms with van der Waals surface area (Å²) in [5.74, 6) is -1.29. The first-order chi connectivity index (χ1) is 9.58. The molecule has 0 spiro atoms. The fourth-order valence-electron chi connectivity index (χ4n) is 2.40. The highest BCUT2D eigenvalue weighted by Gasteiger charge is 2.41. The van der Waals surface area contributed by atoms with Crippen LogP contribution in [0, 0.1) is 0 Å². The fourth-order valence-corrected chi connectivity index (χ4v) is 2.40. The largest absolute Gasteiger partial charge is 0.343 e. The molecule has 1 aromatic carbocycles. The number of rotatable bonds is 2. The van der Waals surface area contributed by atoms with Gasteiger partial charge in [0.15, 0.2) is 17.4 Å². The van der Waals surface area contributed by atoms with Crippen LogP contribution in [0.15, 0.2) is 54.1 Å². The monoisotopic (exact) mass is 270 g/mol. The lowest BCUT2D eigenvalue weighted by Crippen LogP contribution is -2.27. The lowest BCUT2D eigenvalue weighted by Gasteiger charge is -2.24. The predicted molar refractivity (Wildman–Crippen MR) is 71.9 cm³/mol. The highest BCUT2D eigenvalue weighted by Crippen LogP contribution is 2.36. The molecule has 0 saturated carbocycles. The Morgan fingerprint density at radius 2 is 1.90 bits per heavy atom. The van der Waals surface area contributed by atoms with E-state index in [1.165, 1.54) is 18.2 Å². The molecule has 1 fully saturated rings. The standard InChI is InChI=1S/C16H14O4/c1-16(11-5-3-2-4-6-11)19-10-15(20-16)13-9-12(17)7-8-14(13)18/h2-9,15H,10H2,1H3. The molecule has 1 aliphatic carbocycles. The molecule has 3 rings (SSSR count). The van der Waals surface area contributed by atoms with E-state index >= 15 is 0 Å². The van der Waals surface area contributed by atoms with Crippen molar-refractivity contribution in [2.24, 2.45) is 0 Å². The normalized spacial score (nSPS) is 29.6. The molecule has 4 heteroatoms. The molecule has 2 unspecified atom stereocenters. The van der Waals surface area contributed by atoms with Crippen molar-refractivity contribution in [3.05, 3.63) is 59.7 Å². The molecule has 2 atom stereocenters. The van der Waals surface area contributed by atoms with Crippen molar-refractivity contribution in [3.8, 4) is 0 Å². The van der Waals surface area contributed by atoms with Gasteiger partial charge in [-0.2, -0.15) is 0 Å². The van der Waals surface area contributed by atoms with Crippen LogP contribution in [0.4, 0.5) is 0 Å². The van der Waals surface area contributed by atoms with Crippen molar-refractivity contribution in [1.82, 2.24) is 0 Å². The molecule has 2 aliphatic rings. The smallest absolute Gasteiger partial charge is 0.192 e. The second-order valence-corrected chi connectivity index (χ2v) is 4.93. The molecule has 1 aliphatic heterocycles. The van der Waals surface area contributed by atoms with E-state index in [4.69, 9.17) is 9.47 Å². The quantitative estimate of drug-likeness (QED) is 0.770. The minimum atomic E-state index is -0.892. The maximum absolute atomic E-state index is 11.8. The van der Waals surface area contributed by atoms with Crippen LogP contribution in [-0.2, 0) is 24.8 Å². The van der Waals surface area contributed by atoms with E-state index in [9.17, 15) is 9.59 Å². The van der Waals surface area contributed by atoms with Crippen molar-refractivity contribution < 1.29 is 19.1 Å². The van der Waals surface area contributed by atoms with Gasteiger partial charge in [-0.05, 0) is 25.2 Å². The van der Waals surface area contributed by atoms with Crippen LogP contribution in [0.1, 0.15) is 12.5 Å². The molecule has 0 aromatic heterocycles. The number of benzene rings is 1. The lowest BCUT2D eigenvalue weighted by atomic mass is 9.99. The Kier molecular flexibility index (Phi) is 3.12. The summed E-state index contributed by atoms with van der Waals surface area (Å²) in [6.45, 7) is 2.07. The van der Waals surface area contributed by atoms with Crippen LogP contribution in [0.3, 0.4) is 0 Å². The van der Waals surface area contributed by atoms with Gasteiger partial charge < -0.3 is 9.47 Å². The zero-order chi connectivity index (χ0) is 14.2. The van der Waals surface area contributed by atoms with Crippen LogP contribution in [-0.4, -0.2) is 24.3 Å². The van der Waals surface area contributed by atoms with Crippen LogP contribution < -0.4 is 0 Å². The Morgan fingerprint density at radius 3 is 2.65 bits per heavy atom. The summed E-state index contributed by atoms with van der Waals surface area (Å²) >= 11 is 0. The van der Waals surface area contributed by atoms with Crippen LogP contribution >= 0.6 is 0 Å². The Hall–Kier alpha value is -2.04. The minimum Gasteiger partial charge on any atom is -0.343 e. The Morgan fingerprint density at radius 1 is 1.15 bits per heavy atom. The Labute approximate surface area is 116 Å². The second kappa shape index (κ2) is 4.81. The Balaban J connectivity index is 1.84. The summed E-state index contributed by atoms with van der Waals surface area (Å²) in [7, 11) is 0. The van der Waals surface area contributed by atoms with Crippen LogP contribution in [0.2, 0.25) is 0 Å². The highest BCUT2D eigenvalue weighted by molar-refractivity contribution is 6.17. The summed E-state index contributed by atoms with van der Waals surface area (Å²) in [5, 5.41) is 0. The number of hydrogen-bond acceptors (Lipinski definition) is 4. The van der Waals surface area contributed by atoms with Gasteiger partial charge in [0.1, 0.15) is 6.10 Å². The van der Waals surface area contributed by atoms with Crippen LogP contribution in [0.25, 0.3) is 0 Å². The van der Waals surface area contributed by atoms with Gasteiger partial charge in [-0.25, -0.2) is 0 Å². The molecule has 0 radical (unpaired) electrons. The molecule has 1 saturated heterocycles. The number of ketones is 2. The van der Waals surface area contributed by atoms with Gasteiger partial charge in [0, 0.05) is 11.1 Å². The van der Waals surface area contributed by atoms with E-state index in [1.807, 2.05) is 37.3 Å². The molecule has 0 bridgehead atoms. The van der Waals surface area contributed by atoms with Gasteiger partial charge in [-0.1, -0.05) is 30.3 Å². The highest BCUT2D eigenvalue weighted by atomic mass is 16.7. The van der Waals surface area contributed by atoms with Crippen molar-refractivity contribution in [2.75, 3.05) is 6.61 Å². The fraction of sp³-hybridized carbons (Fsp3) is 0.250. The number of hydrogen-bond donors (Lipinski definition) is 0. The maximum Gasteiger partial charge on any atom is 0.192 e. The van der Waals surface area contributed by atoms with Crippen LogP contribution in [0.5, 0.6) is 0 Å². The molecular formula is C16H14O4. The zero-order valence-electron chi connectivity index (χ0n) is 11.0. The van der Waals surface area contributed by atoms with Gasteiger partial charge in [-0.15, -0.1) is 0 Å². The van der Waals surface area contributed by atoms with E-state index in [0.29, 0.717) is 5.57 Å². The van der Waals surface area contributed by atoms with Crippen molar-refractivity contribution in [3.63, 3.8) is 0 Å². The first-order valence-corrected chi connectivity index (χ1v) is 6.44. The molecule has 0 amide bonds. The molecule has 1 aromatic rings. The van der Waals surface area contributed by atoms with Gasteiger partial charge in [-0.3, -0.25) is 9.59 Å². The Bertz CT molecular complexity index is 615. The summed E-state index contributed by atoms with van der Waals surface area (Å²) in [6, 6.07) is 9.53. The number of carbonyl (C=O) groups is 2. The first-order valence-electron chi connectivity index (χ1n) is 6.44. The molecule has 1 heterocycles. The summed E-state index contributed by atoms with van der Waals surface area (Å²) < 4.78 is 11.6. The molecular weight excluding hydrogens is 256 g/mol. The molecule has 102 valence electrons. The van der Waals surface area contributed by atoms with Gasteiger partial charge in [0.25, 0.3) is 0 Å². The summed E-state index contributed by atoms with van der Waals surface area (Å²) in [6.07, 6.45) is 3.35. The third-order valence-electron chi connectivity index (χ3n) is 3.50. The maximum atomic E-state index is 11.8. The summed E-state index contributed by atoms with van der Waals surface area (Å²) in [5.41, 5.74) is 1.24. The average Bonchev–Trinajstić information content (AvgIpc) is 2.86. The first kappa shape index (κ1) is 13.0. The van der Waals surface area contributed by atoms with E-state index in [2.05, 4.69) is 0 Å². The molecule has 0 N–H and O–H groups in total. The van der Waals surface area contributed by atoms with Gasteiger partial charge in [0.2, 0.25) is 0 Å². The summed E-state index contributed by atoms with van der Waals surface area (Å²) in [4.78, 5) is 23.2. The predicted octanol–water partition coefficient (Wildman–Crippen LogP) is 1.91. The van der Waals surface area contributed by atoms with Crippen molar-refractivity contribution >= 4 is 11.6 Å². The topological polar surface area (TPSA) is 52.6 Å². The number of carbonyl (C=O) groups excluding carboxylic acids is 2. The molecule has 4 nitrogen and oxygen atoms in total.